The van der Waals surface area contributed by atoms with Gasteiger partial charge in [0.1, 0.15) is 6.73 Å². The number of aliphatic hydroxyl groups is 1. The molecule has 1 aromatic rings. The Balaban J connectivity index is 3.01. The zero-order chi connectivity index (χ0) is 10.8. The van der Waals surface area contributed by atoms with Crippen molar-refractivity contribution in [3.05, 3.63) is 29.3 Å². The second-order valence-corrected chi connectivity index (χ2v) is 4.61. The Labute approximate surface area is 86.0 Å². The van der Waals surface area contributed by atoms with Crippen LogP contribution in [0.2, 0.25) is 0 Å². The highest BCUT2D eigenvalue weighted by molar-refractivity contribution is 5.52. The molecule has 0 aromatic heterocycles. The predicted octanol–water partition coefficient (Wildman–Crippen LogP) is 2.65. The Bertz CT molecular complexity index is 313. The summed E-state index contributed by atoms with van der Waals surface area (Å²) in [6, 6.07) is 6.29. The first kappa shape index (κ1) is 11.1. The smallest absolute Gasteiger partial charge is 0.113 e. The van der Waals surface area contributed by atoms with Crippen LogP contribution in [0.4, 0.5) is 5.69 Å². The van der Waals surface area contributed by atoms with Gasteiger partial charge in [-0.3, -0.25) is 0 Å². The van der Waals surface area contributed by atoms with Crippen LogP contribution in [0.1, 0.15) is 31.9 Å². The van der Waals surface area contributed by atoms with E-state index in [1.807, 2.05) is 13.0 Å². The summed E-state index contributed by atoms with van der Waals surface area (Å²) in [7, 11) is 0. The summed E-state index contributed by atoms with van der Waals surface area (Å²) < 4.78 is 0. The van der Waals surface area contributed by atoms with Gasteiger partial charge in [0.2, 0.25) is 0 Å². The van der Waals surface area contributed by atoms with E-state index in [0.717, 1.165) is 5.69 Å². The van der Waals surface area contributed by atoms with E-state index in [1.165, 1.54) is 11.1 Å². The molecule has 0 aliphatic carbocycles. The number of aryl methyl sites for hydroxylation is 1. The monoisotopic (exact) mass is 193 g/mol. The number of benzene rings is 1. The molecule has 1 aromatic carbocycles. The van der Waals surface area contributed by atoms with Gasteiger partial charge in [0.05, 0.1) is 0 Å². The highest BCUT2D eigenvalue weighted by Crippen LogP contribution is 2.26. The molecule has 1 rings (SSSR count). The number of hydrogen-bond acceptors (Lipinski definition) is 2. The molecule has 78 valence electrons. The summed E-state index contributed by atoms with van der Waals surface area (Å²) >= 11 is 0. The molecule has 0 radical (unpaired) electrons. The molecule has 2 nitrogen and oxygen atoms in total. The minimum absolute atomic E-state index is 0.0182. The largest absolute Gasteiger partial charge is 0.377 e. The van der Waals surface area contributed by atoms with Crippen LogP contribution in [0.25, 0.3) is 0 Å². The summed E-state index contributed by atoms with van der Waals surface area (Å²) in [6.07, 6.45) is 0. The molecule has 0 heterocycles. The molecule has 0 fully saturated rings. The molecular formula is C12H19NO. The Hall–Kier alpha value is -1.02. The summed E-state index contributed by atoms with van der Waals surface area (Å²) in [4.78, 5) is 0. The normalized spacial score (nSPS) is 11.5. The second kappa shape index (κ2) is 4.01. The third-order valence-electron chi connectivity index (χ3n) is 2.36. The van der Waals surface area contributed by atoms with Crippen molar-refractivity contribution < 1.29 is 5.11 Å². The Kier molecular flexibility index (Phi) is 3.17. The molecule has 14 heavy (non-hydrogen) atoms. The minimum atomic E-state index is -0.0182. The van der Waals surface area contributed by atoms with Crippen molar-refractivity contribution in [3.63, 3.8) is 0 Å². The fraction of sp³-hybridized carbons (Fsp3) is 0.500. The molecule has 0 unspecified atom stereocenters. The first-order valence-electron chi connectivity index (χ1n) is 4.91. The molecular weight excluding hydrogens is 174 g/mol. The molecule has 0 aliphatic rings. The minimum Gasteiger partial charge on any atom is -0.377 e. The van der Waals surface area contributed by atoms with Crippen LogP contribution >= 0.6 is 0 Å². The molecule has 0 amide bonds. The number of hydrogen-bond donors (Lipinski definition) is 2. The van der Waals surface area contributed by atoms with E-state index in [4.69, 9.17) is 5.11 Å². The SMILES string of the molecule is Cc1cc(C(C)(C)C)ccc1NCO. The van der Waals surface area contributed by atoms with Crippen LogP contribution < -0.4 is 5.32 Å². The lowest BCUT2D eigenvalue weighted by molar-refractivity contribution is 0.325. The van der Waals surface area contributed by atoms with Crippen molar-refractivity contribution in [1.29, 1.82) is 0 Å². The highest BCUT2D eigenvalue weighted by atomic mass is 16.3. The molecule has 0 saturated heterocycles. The molecule has 2 heteroatoms. The fourth-order valence-corrected chi connectivity index (χ4v) is 1.41. The predicted molar refractivity (Wildman–Crippen MR) is 60.6 cm³/mol. The van der Waals surface area contributed by atoms with E-state index in [0.29, 0.717) is 0 Å². The van der Waals surface area contributed by atoms with Crippen molar-refractivity contribution in [2.45, 2.75) is 33.1 Å². The Morgan fingerprint density at radius 2 is 1.93 bits per heavy atom. The van der Waals surface area contributed by atoms with Crippen LogP contribution in [0.5, 0.6) is 0 Å². The Morgan fingerprint density at radius 1 is 1.29 bits per heavy atom. The van der Waals surface area contributed by atoms with E-state index < -0.39 is 0 Å². The number of rotatable bonds is 2. The number of aliphatic hydroxyl groups excluding tert-OH is 1. The van der Waals surface area contributed by atoms with Gasteiger partial charge in [-0.1, -0.05) is 32.9 Å². The van der Waals surface area contributed by atoms with Gasteiger partial charge < -0.3 is 10.4 Å². The van der Waals surface area contributed by atoms with Crippen molar-refractivity contribution in [2.75, 3.05) is 12.0 Å². The maximum Gasteiger partial charge on any atom is 0.113 e. The first-order valence-corrected chi connectivity index (χ1v) is 4.91. The van der Waals surface area contributed by atoms with Gasteiger partial charge >= 0.3 is 0 Å². The Morgan fingerprint density at radius 3 is 2.36 bits per heavy atom. The molecule has 0 saturated carbocycles. The maximum absolute atomic E-state index is 8.76. The average Bonchev–Trinajstić information content (AvgIpc) is 2.07. The lowest BCUT2D eigenvalue weighted by Crippen LogP contribution is -2.11. The van der Waals surface area contributed by atoms with Gasteiger partial charge in [-0.05, 0) is 29.5 Å². The van der Waals surface area contributed by atoms with Crippen molar-refractivity contribution in [1.82, 2.24) is 0 Å². The second-order valence-electron chi connectivity index (χ2n) is 4.61. The summed E-state index contributed by atoms with van der Waals surface area (Å²) in [6.45, 7) is 8.62. The standard InChI is InChI=1S/C12H19NO/c1-9-7-10(12(2,3)4)5-6-11(9)13-8-14/h5-7,13-14H,8H2,1-4H3. The van der Waals surface area contributed by atoms with Crippen molar-refractivity contribution in [3.8, 4) is 0 Å². The zero-order valence-corrected chi connectivity index (χ0v) is 9.39. The summed E-state index contributed by atoms with van der Waals surface area (Å²) in [5.41, 5.74) is 3.67. The fourth-order valence-electron chi connectivity index (χ4n) is 1.41. The molecule has 0 atom stereocenters. The van der Waals surface area contributed by atoms with Gasteiger partial charge in [-0.25, -0.2) is 0 Å². The molecule has 0 bridgehead atoms. The average molecular weight is 193 g/mol. The summed E-state index contributed by atoms with van der Waals surface area (Å²) in [5, 5.41) is 11.7. The maximum atomic E-state index is 8.76. The van der Waals surface area contributed by atoms with E-state index in [9.17, 15) is 0 Å². The lowest BCUT2D eigenvalue weighted by Gasteiger charge is -2.20. The third-order valence-corrected chi connectivity index (χ3v) is 2.36. The van der Waals surface area contributed by atoms with E-state index >= 15 is 0 Å². The van der Waals surface area contributed by atoms with Gasteiger partial charge in [0, 0.05) is 5.69 Å². The lowest BCUT2D eigenvalue weighted by atomic mass is 9.86. The van der Waals surface area contributed by atoms with Crippen LogP contribution in [0.15, 0.2) is 18.2 Å². The van der Waals surface area contributed by atoms with Crippen molar-refractivity contribution >= 4 is 5.69 Å². The number of anilines is 1. The zero-order valence-electron chi connectivity index (χ0n) is 9.39. The van der Waals surface area contributed by atoms with Gasteiger partial charge in [0.15, 0.2) is 0 Å². The van der Waals surface area contributed by atoms with Crippen molar-refractivity contribution in [2.24, 2.45) is 0 Å². The van der Waals surface area contributed by atoms with Crippen LogP contribution in [0, 0.1) is 6.92 Å². The van der Waals surface area contributed by atoms with Gasteiger partial charge in [-0.2, -0.15) is 0 Å². The topological polar surface area (TPSA) is 32.3 Å². The van der Waals surface area contributed by atoms with E-state index in [1.54, 1.807) is 0 Å². The molecule has 0 aliphatic heterocycles. The van der Waals surface area contributed by atoms with E-state index in [2.05, 4.69) is 38.2 Å². The van der Waals surface area contributed by atoms with Gasteiger partial charge in [0.25, 0.3) is 0 Å². The highest BCUT2D eigenvalue weighted by Gasteiger charge is 2.13. The van der Waals surface area contributed by atoms with E-state index in [-0.39, 0.29) is 12.1 Å². The van der Waals surface area contributed by atoms with Crippen LogP contribution in [-0.2, 0) is 5.41 Å². The van der Waals surface area contributed by atoms with Gasteiger partial charge in [-0.15, -0.1) is 0 Å². The summed E-state index contributed by atoms with van der Waals surface area (Å²) in [5.74, 6) is 0. The molecule has 2 N–H and O–H groups in total. The first-order chi connectivity index (χ1) is 6.45. The molecule has 0 spiro atoms. The van der Waals surface area contributed by atoms with Crippen LogP contribution in [0.3, 0.4) is 0 Å². The quantitative estimate of drug-likeness (QED) is 0.708. The number of nitrogens with one attached hydrogen (secondary N) is 1. The third kappa shape index (κ3) is 2.48. The van der Waals surface area contributed by atoms with Crippen LogP contribution in [-0.4, -0.2) is 11.8 Å².